The van der Waals surface area contributed by atoms with Gasteiger partial charge in [-0.1, -0.05) is 22.5 Å². The quantitative estimate of drug-likeness (QED) is 0.581. The second kappa shape index (κ2) is 3.77. The molecule has 6 aliphatic carbocycles. The Bertz CT molecular complexity index is 587. The molecule has 0 saturated heterocycles. The average Bonchev–Trinajstić information content (AvgIpc) is 3.21. The van der Waals surface area contributed by atoms with Crippen LogP contribution >= 0.6 is 0 Å². The van der Waals surface area contributed by atoms with Gasteiger partial charge in [0.15, 0.2) is 0 Å². The van der Waals surface area contributed by atoms with Crippen LogP contribution in [0.5, 0.6) is 0 Å². The first-order valence-electron chi connectivity index (χ1n) is 8.73. The van der Waals surface area contributed by atoms with Crippen molar-refractivity contribution in [1.29, 1.82) is 0 Å². The van der Waals surface area contributed by atoms with Crippen LogP contribution in [0, 0.1) is 59.2 Å². The van der Waals surface area contributed by atoms with Crippen molar-refractivity contribution in [3.05, 3.63) is 12.2 Å². The van der Waals surface area contributed by atoms with Gasteiger partial charge in [0.25, 0.3) is 0 Å². The lowest BCUT2D eigenvalue weighted by atomic mass is 9.83. The van der Waals surface area contributed by atoms with Crippen LogP contribution in [-0.4, -0.2) is 25.6 Å². The minimum Gasteiger partial charge on any atom is -0.399 e. The average molecular weight is 298 g/mol. The van der Waals surface area contributed by atoms with Crippen LogP contribution < -0.4 is 0 Å². The Labute approximate surface area is 130 Å². The molecule has 5 fully saturated rings. The second-order valence-corrected chi connectivity index (χ2v) is 8.17. The number of allylic oxidation sites excluding steroid dienone is 2. The summed E-state index contributed by atoms with van der Waals surface area (Å²) in [4.78, 5) is 10.4. The summed E-state index contributed by atoms with van der Waals surface area (Å²) in [5.74, 6) is 7.93. The van der Waals surface area contributed by atoms with Gasteiger partial charge in [-0.25, -0.2) is 0 Å². The summed E-state index contributed by atoms with van der Waals surface area (Å²) in [5, 5.41) is 8.90. The van der Waals surface area contributed by atoms with E-state index in [4.69, 9.17) is 9.68 Å². The highest BCUT2D eigenvalue weighted by Crippen LogP contribution is 2.77. The summed E-state index contributed by atoms with van der Waals surface area (Å²) in [7, 11) is 3.39. The molecule has 0 aromatic heterocycles. The highest BCUT2D eigenvalue weighted by Gasteiger charge is 2.76. The maximum absolute atomic E-state index is 5.19. The van der Waals surface area contributed by atoms with E-state index in [0.29, 0.717) is 23.7 Å². The molecule has 0 heterocycles. The molecule has 4 nitrogen and oxygen atoms in total. The van der Waals surface area contributed by atoms with E-state index in [-0.39, 0.29) is 0 Å². The fourth-order valence-corrected chi connectivity index (χ4v) is 8.09. The molecule has 0 radical (unpaired) electrons. The first-order chi connectivity index (χ1) is 10.8. The number of fused-ring (bicyclic) bond motifs is 3. The Morgan fingerprint density at radius 3 is 1.73 bits per heavy atom. The molecule has 0 spiro atoms. The highest BCUT2D eigenvalue weighted by molar-refractivity contribution is 5.94. The molecule has 0 amide bonds. The van der Waals surface area contributed by atoms with Crippen molar-refractivity contribution in [2.75, 3.05) is 14.2 Å². The van der Waals surface area contributed by atoms with E-state index in [1.54, 1.807) is 14.2 Å². The molecular weight excluding hydrogens is 276 g/mol. The van der Waals surface area contributed by atoms with Gasteiger partial charge in [-0.3, -0.25) is 0 Å². The molecule has 6 rings (SSSR count). The molecule has 5 saturated carbocycles. The van der Waals surface area contributed by atoms with Gasteiger partial charge in [0.2, 0.25) is 0 Å². The van der Waals surface area contributed by atoms with Gasteiger partial charge < -0.3 is 9.68 Å². The Kier molecular flexibility index (Phi) is 2.08. The number of hydrogen-bond donors (Lipinski definition) is 0. The minimum absolute atomic E-state index is 0.676. The fraction of sp³-hybridized carbons (Fsp3) is 0.778. The summed E-state index contributed by atoms with van der Waals surface area (Å²) >= 11 is 0. The summed E-state index contributed by atoms with van der Waals surface area (Å²) in [5.41, 5.74) is 2.71. The Morgan fingerprint density at radius 2 is 1.27 bits per heavy atom. The number of nitrogens with zero attached hydrogens (tertiary/aromatic N) is 2. The van der Waals surface area contributed by atoms with Crippen LogP contribution in [0.25, 0.3) is 0 Å². The van der Waals surface area contributed by atoms with Crippen LogP contribution in [0.15, 0.2) is 22.5 Å². The van der Waals surface area contributed by atoms with E-state index >= 15 is 0 Å². The Hall–Kier alpha value is -1.32. The predicted octanol–water partition coefficient (Wildman–Crippen LogP) is 2.57. The molecule has 0 N–H and O–H groups in total. The molecule has 0 aromatic rings. The van der Waals surface area contributed by atoms with Crippen molar-refractivity contribution in [2.24, 2.45) is 69.5 Å². The van der Waals surface area contributed by atoms with Crippen molar-refractivity contribution in [1.82, 2.24) is 0 Å². The van der Waals surface area contributed by atoms with Crippen LogP contribution in [0.1, 0.15) is 12.8 Å². The predicted molar refractivity (Wildman–Crippen MR) is 82.2 cm³/mol. The zero-order valence-corrected chi connectivity index (χ0v) is 13.1. The molecule has 116 valence electrons. The molecular formula is C18H22N2O2. The summed E-state index contributed by atoms with van der Waals surface area (Å²) in [6.07, 6.45) is 7.35. The number of rotatable bonds is 2. The standard InChI is InChI=1S/C18H22N2O2/c1-21-19-11-5-9-10-6-12(20-22-2)15-8-4-3-7-13(8)18(17(10)15)16(9)14(7)11/h3-4,7-10,13-18H,5-6H2,1-2H3/b19-11-,20-12-/t7-,8+,9+,10-,13?,14-,15-,16-,17-,18?/m0/s1. The molecule has 0 bridgehead atoms. The Morgan fingerprint density at radius 1 is 0.773 bits per heavy atom. The SMILES string of the molecule is CO/N=C1/C[C@H]2[C@H]3C/C(=N/OC)[C@H]4[C@H]3C3C5[C@@H](C=C[C@@H]54)[C@@H]1[C@@H]32. The van der Waals surface area contributed by atoms with Crippen molar-refractivity contribution in [3.8, 4) is 0 Å². The van der Waals surface area contributed by atoms with E-state index in [1.165, 1.54) is 11.4 Å². The van der Waals surface area contributed by atoms with Crippen LogP contribution in [-0.2, 0) is 9.68 Å². The molecule has 0 aromatic carbocycles. The van der Waals surface area contributed by atoms with Gasteiger partial charge in [-0.2, -0.15) is 0 Å². The van der Waals surface area contributed by atoms with Gasteiger partial charge in [0.05, 0.1) is 11.4 Å². The van der Waals surface area contributed by atoms with Crippen molar-refractivity contribution in [2.45, 2.75) is 12.8 Å². The lowest BCUT2D eigenvalue weighted by Gasteiger charge is -2.21. The van der Waals surface area contributed by atoms with E-state index < -0.39 is 0 Å². The molecule has 2 unspecified atom stereocenters. The topological polar surface area (TPSA) is 43.2 Å². The lowest BCUT2D eigenvalue weighted by molar-refractivity contribution is 0.208. The van der Waals surface area contributed by atoms with Gasteiger partial charge in [0, 0.05) is 11.8 Å². The molecule has 6 aliphatic rings. The van der Waals surface area contributed by atoms with E-state index in [9.17, 15) is 0 Å². The third-order valence-corrected chi connectivity index (χ3v) is 8.05. The van der Waals surface area contributed by atoms with Gasteiger partial charge in [-0.15, -0.1) is 0 Å². The third kappa shape index (κ3) is 1.08. The van der Waals surface area contributed by atoms with Gasteiger partial charge in [0.1, 0.15) is 14.2 Å². The lowest BCUT2D eigenvalue weighted by Crippen LogP contribution is -2.23. The van der Waals surface area contributed by atoms with Crippen LogP contribution in [0.3, 0.4) is 0 Å². The zero-order valence-electron chi connectivity index (χ0n) is 13.1. The Balaban J connectivity index is 1.52. The number of oxime groups is 2. The van der Waals surface area contributed by atoms with E-state index in [2.05, 4.69) is 22.5 Å². The highest BCUT2D eigenvalue weighted by atomic mass is 16.6. The van der Waals surface area contributed by atoms with E-state index in [0.717, 1.165) is 48.3 Å². The minimum atomic E-state index is 0.676. The smallest absolute Gasteiger partial charge is 0.106 e. The maximum Gasteiger partial charge on any atom is 0.106 e. The third-order valence-electron chi connectivity index (χ3n) is 8.05. The molecule has 0 aliphatic heterocycles. The van der Waals surface area contributed by atoms with Crippen LogP contribution in [0.4, 0.5) is 0 Å². The molecule has 22 heavy (non-hydrogen) atoms. The summed E-state index contributed by atoms with van der Waals surface area (Å²) in [6, 6.07) is 0. The second-order valence-electron chi connectivity index (χ2n) is 8.17. The first-order valence-corrected chi connectivity index (χ1v) is 8.73. The first kappa shape index (κ1) is 12.1. The van der Waals surface area contributed by atoms with Crippen molar-refractivity contribution < 1.29 is 9.68 Å². The molecule has 10 atom stereocenters. The van der Waals surface area contributed by atoms with E-state index in [1.807, 2.05) is 0 Å². The monoisotopic (exact) mass is 298 g/mol. The van der Waals surface area contributed by atoms with Gasteiger partial charge in [-0.05, 0) is 60.2 Å². The maximum atomic E-state index is 5.19. The van der Waals surface area contributed by atoms with Crippen LogP contribution in [0.2, 0.25) is 0 Å². The van der Waals surface area contributed by atoms with Gasteiger partial charge >= 0.3 is 0 Å². The van der Waals surface area contributed by atoms with Crippen molar-refractivity contribution in [3.63, 3.8) is 0 Å². The fourth-order valence-electron chi connectivity index (χ4n) is 8.09. The largest absolute Gasteiger partial charge is 0.399 e. The zero-order chi connectivity index (χ0) is 14.6. The summed E-state index contributed by atoms with van der Waals surface area (Å²) < 4.78 is 0. The number of hydrogen-bond acceptors (Lipinski definition) is 4. The normalized spacial score (nSPS) is 61.7. The summed E-state index contributed by atoms with van der Waals surface area (Å²) in [6.45, 7) is 0. The van der Waals surface area contributed by atoms with Crippen molar-refractivity contribution >= 4 is 11.4 Å². The molecule has 4 heteroatoms.